The second-order valence-electron chi connectivity index (χ2n) is 9.90. The Labute approximate surface area is 202 Å². The fourth-order valence-electron chi connectivity index (χ4n) is 5.40. The average molecular weight is 497 g/mol. The van der Waals surface area contributed by atoms with Crippen molar-refractivity contribution in [3.63, 3.8) is 0 Å². The quantitative estimate of drug-likeness (QED) is 0.561. The Balaban J connectivity index is 1.25. The van der Waals surface area contributed by atoms with Gasteiger partial charge < -0.3 is 20.3 Å². The molecule has 1 aromatic carbocycles. The zero-order chi connectivity index (χ0) is 24.0. The highest BCUT2D eigenvalue weighted by Gasteiger charge is 2.39. The third-order valence-corrected chi connectivity index (χ3v) is 8.94. The minimum absolute atomic E-state index is 0.00139. The van der Waals surface area contributed by atoms with Gasteiger partial charge in [-0.15, -0.1) is 0 Å². The van der Waals surface area contributed by atoms with Crippen molar-refractivity contribution in [2.45, 2.75) is 25.3 Å². The Bertz CT molecular complexity index is 908. The van der Waals surface area contributed by atoms with Gasteiger partial charge in [0.05, 0.1) is 24.7 Å². The highest BCUT2D eigenvalue weighted by atomic mass is 32.2. The summed E-state index contributed by atoms with van der Waals surface area (Å²) >= 11 is 0. The maximum Gasteiger partial charge on any atom is 0.315 e. The van der Waals surface area contributed by atoms with Gasteiger partial charge in [0.2, 0.25) is 0 Å². The van der Waals surface area contributed by atoms with Crippen LogP contribution in [0.25, 0.3) is 0 Å². The second kappa shape index (κ2) is 11.8. The van der Waals surface area contributed by atoms with Crippen LogP contribution in [-0.4, -0.2) is 101 Å². The Morgan fingerprint density at radius 3 is 2.62 bits per heavy atom. The maximum absolute atomic E-state index is 13.2. The van der Waals surface area contributed by atoms with E-state index in [9.17, 15) is 17.6 Å². The lowest BCUT2D eigenvalue weighted by Gasteiger charge is -2.35. The van der Waals surface area contributed by atoms with Crippen molar-refractivity contribution in [1.82, 2.24) is 20.4 Å². The van der Waals surface area contributed by atoms with Crippen molar-refractivity contribution >= 4 is 15.9 Å². The van der Waals surface area contributed by atoms with Crippen LogP contribution in [-0.2, 0) is 21.0 Å². The van der Waals surface area contributed by atoms with Gasteiger partial charge in [0.25, 0.3) is 0 Å². The number of carbonyl (C=O) groups excluding carboxylic acids is 1. The normalized spacial score (nSPS) is 28.0. The highest BCUT2D eigenvalue weighted by molar-refractivity contribution is 7.91. The number of morpholine rings is 1. The summed E-state index contributed by atoms with van der Waals surface area (Å²) in [4.78, 5) is 17.1. The number of amides is 2. The lowest BCUT2D eigenvalue weighted by molar-refractivity contribution is 0.0387. The van der Waals surface area contributed by atoms with Crippen molar-refractivity contribution in [2.75, 3.05) is 70.5 Å². The van der Waals surface area contributed by atoms with E-state index in [0.29, 0.717) is 19.0 Å². The summed E-state index contributed by atoms with van der Waals surface area (Å²) in [6.07, 6.45) is 3.07. The molecular weight excluding hydrogens is 459 g/mol. The van der Waals surface area contributed by atoms with E-state index >= 15 is 0 Å². The topological polar surface area (TPSA) is 91.0 Å². The van der Waals surface area contributed by atoms with Crippen LogP contribution >= 0.6 is 0 Å². The number of sulfone groups is 1. The van der Waals surface area contributed by atoms with Crippen LogP contribution in [0.5, 0.6) is 0 Å². The minimum atomic E-state index is -3.17. The van der Waals surface area contributed by atoms with Gasteiger partial charge in [-0.2, -0.15) is 0 Å². The second-order valence-corrected chi connectivity index (χ2v) is 12.0. The van der Waals surface area contributed by atoms with Gasteiger partial charge in [-0.1, -0.05) is 12.1 Å². The molecule has 4 rings (SSSR count). The van der Waals surface area contributed by atoms with Gasteiger partial charge in [-0.25, -0.2) is 17.6 Å². The molecule has 3 fully saturated rings. The van der Waals surface area contributed by atoms with Crippen molar-refractivity contribution in [2.24, 2.45) is 11.8 Å². The number of carbonyl (C=O) groups is 1. The van der Waals surface area contributed by atoms with E-state index in [1.54, 1.807) is 0 Å². The summed E-state index contributed by atoms with van der Waals surface area (Å²) in [5.74, 6) is 0.249. The van der Waals surface area contributed by atoms with E-state index in [1.165, 1.54) is 12.1 Å². The summed E-state index contributed by atoms with van der Waals surface area (Å²) < 4.78 is 43.3. The molecule has 0 bridgehead atoms. The fraction of sp³-hybridized carbons (Fsp3) is 0.708. The van der Waals surface area contributed by atoms with E-state index in [-0.39, 0.29) is 35.3 Å². The smallest absolute Gasteiger partial charge is 0.315 e. The molecule has 3 atom stereocenters. The molecule has 0 spiro atoms. The largest absolute Gasteiger partial charge is 0.379 e. The van der Waals surface area contributed by atoms with Crippen LogP contribution < -0.4 is 10.6 Å². The number of rotatable bonds is 8. The molecule has 8 nitrogen and oxygen atoms in total. The number of urea groups is 1. The zero-order valence-corrected chi connectivity index (χ0v) is 20.6. The summed E-state index contributed by atoms with van der Waals surface area (Å²) in [6.45, 7) is 6.94. The highest BCUT2D eigenvalue weighted by Crippen LogP contribution is 2.25. The van der Waals surface area contributed by atoms with Gasteiger partial charge in [0.15, 0.2) is 9.84 Å². The van der Waals surface area contributed by atoms with Crippen LogP contribution in [0, 0.1) is 17.7 Å². The van der Waals surface area contributed by atoms with Gasteiger partial charge in [0.1, 0.15) is 5.82 Å². The third kappa shape index (κ3) is 7.63. The molecule has 0 unspecified atom stereocenters. The van der Waals surface area contributed by atoms with E-state index in [4.69, 9.17) is 4.74 Å². The van der Waals surface area contributed by atoms with Crippen molar-refractivity contribution in [1.29, 1.82) is 0 Å². The zero-order valence-electron chi connectivity index (χ0n) is 19.8. The van der Waals surface area contributed by atoms with Gasteiger partial charge in [0, 0.05) is 51.2 Å². The number of nitrogens with one attached hydrogen (secondary N) is 2. The van der Waals surface area contributed by atoms with E-state index in [0.717, 1.165) is 70.8 Å². The standard InChI is InChI=1S/C24H37FN4O4S/c25-22-5-3-19(4-6-22)14-20-2-1-8-29(15-20)16-21-17-34(31,32)18-23(21)27-24(30)26-7-9-28-10-12-33-13-11-28/h3-6,20-21,23H,1-2,7-18H2,(H2,26,27,30)/t20-,21-,23+/m0/s1. The van der Waals surface area contributed by atoms with Gasteiger partial charge >= 0.3 is 6.03 Å². The molecule has 1 aromatic rings. The summed E-state index contributed by atoms with van der Waals surface area (Å²) in [6, 6.07) is 6.02. The molecule has 190 valence electrons. The molecule has 0 radical (unpaired) electrons. The van der Waals surface area contributed by atoms with Gasteiger partial charge in [-0.3, -0.25) is 4.90 Å². The van der Waals surface area contributed by atoms with Crippen LogP contribution in [0.3, 0.4) is 0 Å². The Morgan fingerprint density at radius 2 is 1.85 bits per heavy atom. The number of likely N-dealkylation sites (tertiary alicyclic amines) is 1. The number of hydrogen-bond donors (Lipinski definition) is 2. The first-order chi connectivity index (χ1) is 16.4. The number of benzene rings is 1. The lowest BCUT2D eigenvalue weighted by atomic mass is 9.90. The van der Waals surface area contributed by atoms with Crippen molar-refractivity contribution in [3.8, 4) is 0 Å². The number of ether oxygens (including phenoxy) is 1. The van der Waals surface area contributed by atoms with E-state index in [2.05, 4.69) is 20.4 Å². The molecule has 0 aliphatic carbocycles. The summed E-state index contributed by atoms with van der Waals surface area (Å²) in [5, 5.41) is 5.81. The van der Waals surface area contributed by atoms with E-state index < -0.39 is 9.84 Å². The lowest BCUT2D eigenvalue weighted by Crippen LogP contribution is -2.50. The Morgan fingerprint density at radius 1 is 1.09 bits per heavy atom. The number of piperidine rings is 1. The monoisotopic (exact) mass is 496 g/mol. The Kier molecular flexibility index (Phi) is 8.79. The third-order valence-electron chi connectivity index (χ3n) is 7.14. The first kappa shape index (κ1) is 25.3. The number of halogens is 1. The van der Waals surface area contributed by atoms with Crippen LogP contribution in [0.1, 0.15) is 18.4 Å². The van der Waals surface area contributed by atoms with Crippen LogP contribution in [0.4, 0.5) is 9.18 Å². The predicted molar refractivity (Wildman–Crippen MR) is 129 cm³/mol. The molecular formula is C24H37FN4O4S. The molecule has 3 saturated heterocycles. The summed E-state index contributed by atoms with van der Waals surface area (Å²) in [7, 11) is -3.17. The van der Waals surface area contributed by atoms with Crippen LogP contribution in [0.2, 0.25) is 0 Å². The minimum Gasteiger partial charge on any atom is -0.379 e. The molecule has 3 heterocycles. The SMILES string of the molecule is O=C(NCCN1CCOCC1)N[C@@H]1CS(=O)(=O)C[C@@H]1CN1CCC[C@@H](Cc2ccc(F)cc2)C1. The first-order valence-corrected chi connectivity index (χ1v) is 14.2. The molecule has 2 amide bonds. The summed E-state index contributed by atoms with van der Waals surface area (Å²) in [5.41, 5.74) is 1.13. The number of nitrogens with zero attached hydrogens (tertiary/aromatic N) is 2. The molecule has 0 aromatic heterocycles. The molecule has 10 heteroatoms. The van der Waals surface area contributed by atoms with Crippen LogP contribution in [0.15, 0.2) is 24.3 Å². The molecule has 34 heavy (non-hydrogen) atoms. The van der Waals surface area contributed by atoms with Gasteiger partial charge in [-0.05, 0) is 49.4 Å². The average Bonchev–Trinajstić information content (AvgIpc) is 3.08. The molecule has 0 saturated carbocycles. The first-order valence-electron chi connectivity index (χ1n) is 12.4. The van der Waals surface area contributed by atoms with E-state index in [1.807, 2.05) is 12.1 Å². The maximum atomic E-state index is 13.2. The fourth-order valence-corrected chi connectivity index (χ4v) is 7.43. The molecule has 3 aliphatic heterocycles. The predicted octanol–water partition coefficient (Wildman–Crippen LogP) is 1.12. The van der Waals surface area contributed by atoms with Crippen molar-refractivity contribution < 1.29 is 22.3 Å². The molecule has 2 N–H and O–H groups in total. The Hall–Kier alpha value is -1.75. The van der Waals surface area contributed by atoms with Crippen molar-refractivity contribution in [3.05, 3.63) is 35.6 Å². The molecule has 3 aliphatic rings. The number of hydrogen-bond acceptors (Lipinski definition) is 6.